The van der Waals surface area contributed by atoms with Gasteiger partial charge in [0, 0.05) is 13.2 Å². The van der Waals surface area contributed by atoms with Crippen molar-refractivity contribution < 1.29 is 14.6 Å². The fourth-order valence-corrected chi connectivity index (χ4v) is 2.49. The standard InChI is InChI=1S/C15H23NO3/c1-11-8-12(5-6-15(11)18-2)14(10-17)16-9-13-4-3-7-19-13/h5-6,8,13-14,16-17H,3-4,7,9-10H2,1-2H3. The molecule has 4 nitrogen and oxygen atoms in total. The van der Waals surface area contributed by atoms with Gasteiger partial charge in [-0.05, 0) is 37.0 Å². The van der Waals surface area contributed by atoms with Gasteiger partial charge in [0.05, 0.1) is 25.9 Å². The summed E-state index contributed by atoms with van der Waals surface area (Å²) >= 11 is 0. The van der Waals surface area contributed by atoms with Gasteiger partial charge >= 0.3 is 0 Å². The summed E-state index contributed by atoms with van der Waals surface area (Å²) < 4.78 is 10.8. The first kappa shape index (κ1) is 14.3. The predicted molar refractivity (Wildman–Crippen MR) is 74.5 cm³/mol. The van der Waals surface area contributed by atoms with Gasteiger partial charge in [-0.25, -0.2) is 0 Å². The number of benzene rings is 1. The van der Waals surface area contributed by atoms with Gasteiger partial charge in [0.25, 0.3) is 0 Å². The highest BCUT2D eigenvalue weighted by atomic mass is 16.5. The van der Waals surface area contributed by atoms with Gasteiger partial charge in [-0.2, -0.15) is 0 Å². The first-order chi connectivity index (χ1) is 9.24. The van der Waals surface area contributed by atoms with Crippen LogP contribution in [0.25, 0.3) is 0 Å². The predicted octanol–water partition coefficient (Wildman–Crippen LogP) is 1.81. The summed E-state index contributed by atoms with van der Waals surface area (Å²) in [5, 5.41) is 12.9. The van der Waals surface area contributed by atoms with Gasteiger partial charge in [0.2, 0.25) is 0 Å². The molecule has 1 aromatic rings. The van der Waals surface area contributed by atoms with Crippen molar-refractivity contribution in [2.75, 3.05) is 26.9 Å². The molecule has 1 saturated heterocycles. The number of methoxy groups -OCH3 is 1. The van der Waals surface area contributed by atoms with E-state index >= 15 is 0 Å². The van der Waals surface area contributed by atoms with E-state index in [1.54, 1.807) is 7.11 Å². The molecule has 106 valence electrons. The van der Waals surface area contributed by atoms with Crippen LogP contribution in [-0.2, 0) is 4.74 Å². The molecule has 1 aliphatic rings. The zero-order valence-electron chi connectivity index (χ0n) is 11.7. The molecule has 2 rings (SSSR count). The van der Waals surface area contributed by atoms with Crippen LogP contribution in [0.2, 0.25) is 0 Å². The van der Waals surface area contributed by atoms with E-state index in [1.165, 1.54) is 0 Å². The summed E-state index contributed by atoms with van der Waals surface area (Å²) in [4.78, 5) is 0. The molecule has 1 fully saturated rings. The van der Waals surface area contributed by atoms with Gasteiger partial charge in [-0.3, -0.25) is 0 Å². The number of aliphatic hydroxyl groups is 1. The highest BCUT2D eigenvalue weighted by molar-refractivity contribution is 5.37. The third kappa shape index (κ3) is 3.69. The minimum Gasteiger partial charge on any atom is -0.496 e. The summed E-state index contributed by atoms with van der Waals surface area (Å²) in [6, 6.07) is 5.95. The average Bonchev–Trinajstić information content (AvgIpc) is 2.93. The van der Waals surface area contributed by atoms with E-state index in [0.717, 1.165) is 42.9 Å². The third-order valence-corrected chi connectivity index (χ3v) is 3.62. The fraction of sp³-hybridized carbons (Fsp3) is 0.600. The number of rotatable bonds is 6. The lowest BCUT2D eigenvalue weighted by Gasteiger charge is -2.20. The number of hydrogen-bond donors (Lipinski definition) is 2. The van der Waals surface area contributed by atoms with Crippen molar-refractivity contribution in [3.05, 3.63) is 29.3 Å². The van der Waals surface area contributed by atoms with Crippen LogP contribution in [0.4, 0.5) is 0 Å². The molecule has 1 aliphatic heterocycles. The second kappa shape index (κ2) is 6.89. The number of ether oxygens (including phenoxy) is 2. The van der Waals surface area contributed by atoms with Crippen LogP contribution in [0.1, 0.15) is 30.0 Å². The van der Waals surface area contributed by atoms with Crippen LogP contribution in [0, 0.1) is 6.92 Å². The second-order valence-electron chi connectivity index (χ2n) is 5.01. The minimum absolute atomic E-state index is 0.0474. The van der Waals surface area contributed by atoms with Crippen molar-refractivity contribution in [3.63, 3.8) is 0 Å². The quantitative estimate of drug-likeness (QED) is 0.823. The topological polar surface area (TPSA) is 50.7 Å². The zero-order chi connectivity index (χ0) is 13.7. The van der Waals surface area contributed by atoms with Crippen LogP contribution in [0.3, 0.4) is 0 Å². The van der Waals surface area contributed by atoms with Crippen LogP contribution in [0.5, 0.6) is 5.75 Å². The van der Waals surface area contributed by atoms with Gasteiger partial charge < -0.3 is 19.9 Å². The Bertz CT molecular complexity index is 402. The van der Waals surface area contributed by atoms with Gasteiger partial charge in [0.1, 0.15) is 5.75 Å². The number of nitrogens with one attached hydrogen (secondary N) is 1. The maximum Gasteiger partial charge on any atom is 0.121 e. The lowest BCUT2D eigenvalue weighted by Crippen LogP contribution is -2.32. The Morgan fingerprint density at radius 3 is 2.95 bits per heavy atom. The maximum atomic E-state index is 9.54. The van der Waals surface area contributed by atoms with Crippen molar-refractivity contribution in [2.45, 2.75) is 31.9 Å². The van der Waals surface area contributed by atoms with E-state index < -0.39 is 0 Å². The lowest BCUT2D eigenvalue weighted by atomic mass is 10.0. The van der Waals surface area contributed by atoms with Gasteiger partial charge in [0.15, 0.2) is 0 Å². The van der Waals surface area contributed by atoms with Gasteiger partial charge in [-0.15, -0.1) is 0 Å². The molecular formula is C15H23NO3. The average molecular weight is 265 g/mol. The SMILES string of the molecule is COc1ccc(C(CO)NCC2CCCO2)cc1C. The minimum atomic E-state index is -0.0474. The Hall–Kier alpha value is -1.10. The molecule has 19 heavy (non-hydrogen) atoms. The molecule has 0 amide bonds. The van der Waals surface area contributed by atoms with Crippen LogP contribution in [0.15, 0.2) is 18.2 Å². The van der Waals surface area contributed by atoms with Gasteiger partial charge in [-0.1, -0.05) is 12.1 Å². The molecule has 0 aromatic heterocycles. The van der Waals surface area contributed by atoms with E-state index in [1.807, 2.05) is 19.1 Å². The summed E-state index contributed by atoms with van der Waals surface area (Å²) in [5.41, 5.74) is 2.16. The third-order valence-electron chi connectivity index (χ3n) is 3.62. The zero-order valence-corrected chi connectivity index (χ0v) is 11.7. The summed E-state index contributed by atoms with van der Waals surface area (Å²) in [6.45, 7) is 3.74. The van der Waals surface area contributed by atoms with Crippen LogP contribution in [-0.4, -0.2) is 38.1 Å². The summed E-state index contributed by atoms with van der Waals surface area (Å²) in [5.74, 6) is 0.875. The smallest absolute Gasteiger partial charge is 0.121 e. The molecule has 0 aliphatic carbocycles. The Morgan fingerprint density at radius 2 is 2.37 bits per heavy atom. The normalized spacial score (nSPS) is 20.5. The van der Waals surface area contributed by atoms with E-state index in [4.69, 9.17) is 9.47 Å². The summed E-state index contributed by atoms with van der Waals surface area (Å²) in [7, 11) is 1.67. The second-order valence-corrected chi connectivity index (χ2v) is 5.01. The van der Waals surface area contributed by atoms with E-state index in [2.05, 4.69) is 11.4 Å². The Kier molecular flexibility index (Phi) is 5.19. The van der Waals surface area contributed by atoms with Crippen molar-refractivity contribution in [1.82, 2.24) is 5.32 Å². The van der Waals surface area contributed by atoms with Crippen LogP contribution >= 0.6 is 0 Å². The Morgan fingerprint density at radius 1 is 1.53 bits per heavy atom. The molecule has 2 atom stereocenters. The highest BCUT2D eigenvalue weighted by Gasteiger charge is 2.18. The molecule has 2 N–H and O–H groups in total. The van der Waals surface area contributed by atoms with Crippen molar-refractivity contribution >= 4 is 0 Å². The van der Waals surface area contributed by atoms with Crippen molar-refractivity contribution in [1.29, 1.82) is 0 Å². The van der Waals surface area contributed by atoms with E-state index in [9.17, 15) is 5.11 Å². The van der Waals surface area contributed by atoms with Crippen molar-refractivity contribution in [2.24, 2.45) is 0 Å². The Balaban J connectivity index is 1.97. The highest BCUT2D eigenvalue weighted by Crippen LogP contribution is 2.22. The summed E-state index contributed by atoms with van der Waals surface area (Å²) in [6.07, 6.45) is 2.53. The maximum absolute atomic E-state index is 9.54. The first-order valence-corrected chi connectivity index (χ1v) is 6.85. The number of aliphatic hydroxyl groups excluding tert-OH is 1. The molecule has 4 heteroatoms. The lowest BCUT2D eigenvalue weighted by molar-refractivity contribution is 0.104. The van der Waals surface area contributed by atoms with Crippen molar-refractivity contribution in [3.8, 4) is 5.75 Å². The van der Waals surface area contributed by atoms with E-state index in [0.29, 0.717) is 0 Å². The van der Waals surface area contributed by atoms with E-state index in [-0.39, 0.29) is 18.8 Å². The monoisotopic (exact) mass is 265 g/mol. The molecule has 1 aromatic carbocycles. The number of aryl methyl sites for hydroxylation is 1. The first-order valence-electron chi connectivity index (χ1n) is 6.85. The fourth-order valence-electron chi connectivity index (χ4n) is 2.49. The Labute approximate surface area is 114 Å². The molecule has 1 heterocycles. The number of hydrogen-bond acceptors (Lipinski definition) is 4. The molecule has 0 spiro atoms. The largest absolute Gasteiger partial charge is 0.496 e. The molecule has 0 radical (unpaired) electrons. The molecule has 2 unspecified atom stereocenters. The molecule has 0 saturated carbocycles. The molecule has 0 bridgehead atoms. The molecular weight excluding hydrogens is 242 g/mol. The van der Waals surface area contributed by atoms with Crippen LogP contribution < -0.4 is 10.1 Å².